The highest BCUT2D eigenvalue weighted by Gasteiger charge is 2.37. The van der Waals surface area contributed by atoms with Crippen molar-refractivity contribution in [3.63, 3.8) is 0 Å². The summed E-state index contributed by atoms with van der Waals surface area (Å²) in [5.41, 5.74) is 1.14. The van der Waals surface area contributed by atoms with Gasteiger partial charge in [0.1, 0.15) is 0 Å². The van der Waals surface area contributed by atoms with E-state index in [2.05, 4.69) is 19.2 Å². The summed E-state index contributed by atoms with van der Waals surface area (Å²) in [6.45, 7) is 5.02. The molecule has 0 aliphatic heterocycles. The Balaban J connectivity index is 1.96. The van der Waals surface area contributed by atoms with Crippen LogP contribution in [0.5, 0.6) is 0 Å². The Labute approximate surface area is 101 Å². The molecule has 0 saturated heterocycles. The van der Waals surface area contributed by atoms with Crippen LogP contribution in [0, 0.1) is 5.92 Å². The first-order valence-corrected chi connectivity index (χ1v) is 6.11. The second kappa shape index (κ2) is 4.73. The zero-order valence-electron chi connectivity index (χ0n) is 10.3. The fourth-order valence-corrected chi connectivity index (χ4v) is 2.12. The van der Waals surface area contributed by atoms with Crippen LogP contribution in [0.2, 0.25) is 0 Å². The average molecular weight is 239 g/mol. The topological polar surface area (TPSA) is 12.0 Å². The van der Waals surface area contributed by atoms with Gasteiger partial charge in [0.05, 0.1) is 0 Å². The predicted octanol–water partition coefficient (Wildman–Crippen LogP) is 3.90. The average Bonchev–Trinajstić information content (AvgIpc) is 3.11. The lowest BCUT2D eigenvalue weighted by Gasteiger charge is -2.26. The van der Waals surface area contributed by atoms with E-state index in [0.29, 0.717) is 6.54 Å². The third kappa shape index (κ3) is 3.25. The summed E-state index contributed by atoms with van der Waals surface area (Å²) in [5, 5.41) is 3.46. The molecule has 0 unspecified atom stereocenters. The van der Waals surface area contributed by atoms with E-state index in [0.717, 1.165) is 11.5 Å². The fraction of sp³-hybridized carbons (Fsp3) is 0.571. The minimum Gasteiger partial charge on any atom is -0.307 e. The maximum atomic E-state index is 12.5. The summed E-state index contributed by atoms with van der Waals surface area (Å²) in [6, 6.07) is 6.64. The zero-order valence-corrected chi connectivity index (χ0v) is 10.3. The molecule has 17 heavy (non-hydrogen) atoms. The lowest BCUT2D eigenvalue weighted by atomic mass is 9.98. The van der Waals surface area contributed by atoms with Crippen molar-refractivity contribution in [2.45, 2.75) is 45.2 Å². The van der Waals surface area contributed by atoms with Crippen molar-refractivity contribution >= 4 is 0 Å². The molecule has 1 aliphatic rings. The van der Waals surface area contributed by atoms with Crippen molar-refractivity contribution < 1.29 is 8.78 Å². The maximum Gasteiger partial charge on any atom is 0.263 e. The summed E-state index contributed by atoms with van der Waals surface area (Å²) in [4.78, 5) is 0. The Hall–Kier alpha value is -0.960. The molecule has 1 fully saturated rings. The van der Waals surface area contributed by atoms with Gasteiger partial charge in [-0.2, -0.15) is 0 Å². The number of hydrogen-bond acceptors (Lipinski definition) is 1. The van der Waals surface area contributed by atoms with E-state index >= 15 is 0 Å². The van der Waals surface area contributed by atoms with Gasteiger partial charge in [0.2, 0.25) is 0 Å². The Kier molecular flexibility index (Phi) is 3.48. The minimum atomic E-state index is -2.38. The van der Waals surface area contributed by atoms with Gasteiger partial charge in [0, 0.05) is 17.6 Å². The van der Waals surface area contributed by atoms with E-state index in [1.807, 2.05) is 6.07 Å². The molecule has 1 aromatic rings. The van der Waals surface area contributed by atoms with Crippen LogP contribution >= 0.6 is 0 Å². The molecule has 1 nitrogen and oxygen atoms in total. The lowest BCUT2D eigenvalue weighted by Crippen LogP contribution is -2.40. The molecule has 1 aromatic carbocycles. The largest absolute Gasteiger partial charge is 0.307 e. The van der Waals surface area contributed by atoms with E-state index in [-0.39, 0.29) is 11.1 Å². The number of halogens is 2. The standard InChI is InChI=1S/C14H19F2N/c1-14(2,12-6-7-12)17-9-10-4-3-5-11(8-10)13(15)16/h3-5,8,12-13,17H,6-7,9H2,1-2H3. The molecule has 0 spiro atoms. The highest BCUT2D eigenvalue weighted by Crippen LogP contribution is 2.39. The molecule has 0 bridgehead atoms. The number of benzene rings is 1. The van der Waals surface area contributed by atoms with Gasteiger partial charge < -0.3 is 5.32 Å². The maximum absolute atomic E-state index is 12.5. The fourth-order valence-electron chi connectivity index (χ4n) is 2.12. The molecule has 94 valence electrons. The van der Waals surface area contributed by atoms with E-state index in [9.17, 15) is 8.78 Å². The van der Waals surface area contributed by atoms with Crippen molar-refractivity contribution in [1.82, 2.24) is 5.32 Å². The van der Waals surface area contributed by atoms with Gasteiger partial charge >= 0.3 is 0 Å². The van der Waals surface area contributed by atoms with Crippen LogP contribution in [-0.4, -0.2) is 5.54 Å². The quantitative estimate of drug-likeness (QED) is 0.821. The number of hydrogen-bond donors (Lipinski definition) is 1. The first-order chi connectivity index (χ1) is 7.99. The molecule has 2 rings (SSSR count). The Bertz CT molecular complexity index is 384. The minimum absolute atomic E-state index is 0.105. The van der Waals surface area contributed by atoms with Crippen molar-refractivity contribution in [2.24, 2.45) is 5.92 Å². The number of alkyl halides is 2. The third-order valence-corrected chi connectivity index (χ3v) is 3.55. The smallest absolute Gasteiger partial charge is 0.263 e. The lowest BCUT2D eigenvalue weighted by molar-refractivity contribution is 0.151. The van der Waals surface area contributed by atoms with Gasteiger partial charge in [0.25, 0.3) is 6.43 Å². The van der Waals surface area contributed by atoms with Crippen LogP contribution in [0.4, 0.5) is 8.78 Å². The summed E-state index contributed by atoms with van der Waals surface area (Å²) < 4.78 is 25.1. The Morgan fingerprint density at radius 1 is 1.35 bits per heavy atom. The summed E-state index contributed by atoms with van der Waals surface area (Å²) in [5.74, 6) is 0.737. The van der Waals surface area contributed by atoms with Gasteiger partial charge in [-0.15, -0.1) is 0 Å². The second-order valence-corrected chi connectivity index (χ2v) is 5.40. The van der Waals surface area contributed by atoms with E-state index < -0.39 is 6.43 Å². The third-order valence-electron chi connectivity index (χ3n) is 3.55. The highest BCUT2D eigenvalue weighted by atomic mass is 19.3. The van der Waals surface area contributed by atoms with Gasteiger partial charge in [-0.1, -0.05) is 18.2 Å². The first-order valence-electron chi connectivity index (χ1n) is 6.11. The van der Waals surface area contributed by atoms with Crippen molar-refractivity contribution in [3.05, 3.63) is 35.4 Å². The molecule has 0 radical (unpaired) electrons. The second-order valence-electron chi connectivity index (χ2n) is 5.40. The predicted molar refractivity (Wildman–Crippen MR) is 65.0 cm³/mol. The molecule has 3 heteroatoms. The van der Waals surface area contributed by atoms with Crippen LogP contribution in [0.3, 0.4) is 0 Å². The summed E-state index contributed by atoms with van der Waals surface area (Å²) >= 11 is 0. The molecule has 0 aromatic heterocycles. The van der Waals surface area contributed by atoms with E-state index in [1.165, 1.54) is 18.9 Å². The summed E-state index contributed by atoms with van der Waals surface area (Å²) in [7, 11) is 0. The van der Waals surface area contributed by atoms with Gasteiger partial charge in [0.15, 0.2) is 0 Å². The van der Waals surface area contributed by atoms with E-state index in [4.69, 9.17) is 0 Å². The normalized spacial score (nSPS) is 16.5. The number of nitrogens with one attached hydrogen (secondary N) is 1. The van der Waals surface area contributed by atoms with Crippen LogP contribution < -0.4 is 5.32 Å². The van der Waals surface area contributed by atoms with Gasteiger partial charge in [-0.25, -0.2) is 8.78 Å². The van der Waals surface area contributed by atoms with Crippen LogP contribution in [0.15, 0.2) is 24.3 Å². The first kappa shape index (κ1) is 12.5. The van der Waals surface area contributed by atoms with Crippen molar-refractivity contribution in [2.75, 3.05) is 0 Å². The highest BCUT2D eigenvalue weighted by molar-refractivity contribution is 5.24. The zero-order chi connectivity index (χ0) is 12.5. The monoisotopic (exact) mass is 239 g/mol. The van der Waals surface area contributed by atoms with Crippen LogP contribution in [-0.2, 0) is 6.54 Å². The SMILES string of the molecule is CC(C)(NCc1cccc(C(F)F)c1)C1CC1. The molecular weight excluding hydrogens is 220 g/mol. The molecule has 0 heterocycles. The molecular formula is C14H19F2N. The Morgan fingerprint density at radius 3 is 2.65 bits per heavy atom. The van der Waals surface area contributed by atoms with Crippen LogP contribution in [0.25, 0.3) is 0 Å². The molecule has 1 N–H and O–H groups in total. The van der Waals surface area contributed by atoms with Crippen LogP contribution in [0.1, 0.15) is 44.2 Å². The van der Waals surface area contributed by atoms with Crippen molar-refractivity contribution in [1.29, 1.82) is 0 Å². The van der Waals surface area contributed by atoms with Gasteiger partial charge in [-0.3, -0.25) is 0 Å². The number of rotatable bonds is 5. The Morgan fingerprint density at radius 2 is 2.06 bits per heavy atom. The molecule has 1 saturated carbocycles. The summed E-state index contributed by atoms with van der Waals surface area (Å²) in [6.07, 6.45) is 0.167. The van der Waals surface area contributed by atoms with Gasteiger partial charge in [-0.05, 0) is 44.2 Å². The molecule has 1 aliphatic carbocycles. The molecule has 0 atom stereocenters. The molecule has 0 amide bonds. The van der Waals surface area contributed by atoms with E-state index in [1.54, 1.807) is 12.1 Å². The van der Waals surface area contributed by atoms with Crippen molar-refractivity contribution in [3.8, 4) is 0 Å².